The van der Waals surface area contributed by atoms with Crippen LogP contribution in [0.3, 0.4) is 0 Å². The quantitative estimate of drug-likeness (QED) is 0.304. The number of nitrogens with zero attached hydrogens (tertiary/aromatic N) is 3. The van der Waals surface area contributed by atoms with E-state index in [-0.39, 0.29) is 22.0 Å². The van der Waals surface area contributed by atoms with Crippen LogP contribution >= 0.6 is 0 Å². The number of carbonyl (C=O) groups excluding carboxylic acids is 2. The Balaban J connectivity index is 1.69. The van der Waals surface area contributed by atoms with Crippen molar-refractivity contribution < 1.29 is 40.8 Å². The fourth-order valence-electron chi connectivity index (χ4n) is 4.00. The first-order chi connectivity index (χ1) is 18.8. The lowest BCUT2D eigenvalue weighted by molar-refractivity contribution is -0.138. The van der Waals surface area contributed by atoms with E-state index < -0.39 is 62.3 Å². The Hall–Kier alpha value is -3.91. The number of benzene rings is 1. The number of halogens is 4. The maximum absolute atomic E-state index is 13.6. The second-order valence-electron chi connectivity index (χ2n) is 9.01. The third-order valence-corrected chi connectivity index (χ3v) is 7.70. The molecule has 3 heterocycles. The Bertz CT molecular complexity index is 1600. The highest BCUT2D eigenvalue weighted by Gasteiger charge is 2.36. The first kappa shape index (κ1) is 29.1. The minimum atomic E-state index is -4.82. The molecule has 0 unspecified atom stereocenters. The van der Waals surface area contributed by atoms with Crippen LogP contribution in [0.5, 0.6) is 11.6 Å². The van der Waals surface area contributed by atoms with E-state index in [4.69, 9.17) is 9.47 Å². The van der Waals surface area contributed by atoms with Crippen LogP contribution in [-0.2, 0) is 25.4 Å². The van der Waals surface area contributed by atoms with Crippen molar-refractivity contribution >= 4 is 27.2 Å². The highest BCUT2D eigenvalue weighted by atomic mass is 32.2. The van der Waals surface area contributed by atoms with Crippen LogP contribution in [0.2, 0.25) is 0 Å². The molecule has 9 nitrogen and oxygen atoms in total. The van der Waals surface area contributed by atoms with E-state index in [0.29, 0.717) is 25.6 Å². The highest BCUT2D eigenvalue weighted by Crippen LogP contribution is 2.37. The first-order valence-electron chi connectivity index (χ1n) is 11.9. The third kappa shape index (κ3) is 6.45. The smallest absolute Gasteiger partial charge is 0.418 e. The topological polar surface area (TPSA) is 120 Å². The SMILES string of the molecule is Cc1nc(F)ccc1Oc1ncc(C(F)(F)F)c(C)c1C(=O)Nc1cccc([S@@](C)(=O)=NC(=O)[C@@H]2CCCO2)c1. The van der Waals surface area contributed by atoms with Crippen LogP contribution in [0, 0.1) is 19.8 Å². The van der Waals surface area contributed by atoms with Crippen molar-refractivity contribution in [2.24, 2.45) is 4.36 Å². The van der Waals surface area contributed by atoms with Gasteiger partial charge >= 0.3 is 6.18 Å². The van der Waals surface area contributed by atoms with Gasteiger partial charge in [-0.2, -0.15) is 21.9 Å². The Labute approximate surface area is 227 Å². The normalized spacial score (nSPS) is 16.7. The average Bonchev–Trinajstić information content (AvgIpc) is 3.40. The lowest BCUT2D eigenvalue weighted by Gasteiger charge is -2.17. The molecule has 3 aromatic rings. The summed E-state index contributed by atoms with van der Waals surface area (Å²) in [7, 11) is -3.24. The number of nitrogens with one attached hydrogen (secondary N) is 1. The molecule has 1 aliphatic rings. The van der Waals surface area contributed by atoms with E-state index in [1.165, 1.54) is 43.5 Å². The maximum Gasteiger partial charge on any atom is 0.418 e. The highest BCUT2D eigenvalue weighted by molar-refractivity contribution is 7.93. The molecule has 40 heavy (non-hydrogen) atoms. The van der Waals surface area contributed by atoms with Gasteiger partial charge in [-0.25, -0.2) is 14.2 Å². The summed E-state index contributed by atoms with van der Waals surface area (Å²) < 4.78 is 82.3. The molecule has 1 saturated heterocycles. The van der Waals surface area contributed by atoms with Crippen LogP contribution in [0.25, 0.3) is 0 Å². The van der Waals surface area contributed by atoms with Gasteiger partial charge in [-0.3, -0.25) is 9.59 Å². The molecular weight excluding hydrogens is 556 g/mol. The molecule has 0 saturated carbocycles. The van der Waals surface area contributed by atoms with Gasteiger partial charge in [-0.05, 0) is 62.6 Å². The van der Waals surface area contributed by atoms with Gasteiger partial charge in [0.05, 0.1) is 21.0 Å². The molecule has 0 aliphatic carbocycles. The van der Waals surface area contributed by atoms with E-state index in [1.54, 1.807) is 0 Å². The second-order valence-corrected chi connectivity index (χ2v) is 11.3. The number of carbonyl (C=O) groups is 2. The molecule has 0 bridgehead atoms. The third-order valence-electron chi connectivity index (χ3n) is 6.04. The number of ether oxygens (including phenoxy) is 2. The van der Waals surface area contributed by atoms with Gasteiger partial charge in [0.1, 0.15) is 11.7 Å². The molecule has 0 radical (unpaired) electrons. The minimum Gasteiger partial charge on any atom is -0.436 e. The van der Waals surface area contributed by atoms with Gasteiger partial charge in [0.2, 0.25) is 11.8 Å². The number of aromatic nitrogens is 2. The number of aryl methyl sites for hydroxylation is 1. The molecule has 2 amide bonds. The predicted molar refractivity (Wildman–Crippen MR) is 136 cm³/mol. The van der Waals surface area contributed by atoms with Crippen LogP contribution in [0.15, 0.2) is 51.9 Å². The van der Waals surface area contributed by atoms with Crippen molar-refractivity contribution in [2.75, 3.05) is 18.2 Å². The lowest BCUT2D eigenvalue weighted by Crippen LogP contribution is -2.20. The summed E-state index contributed by atoms with van der Waals surface area (Å²) in [6.45, 7) is 2.91. The summed E-state index contributed by atoms with van der Waals surface area (Å²) in [4.78, 5) is 33.2. The van der Waals surface area contributed by atoms with Gasteiger partial charge in [-0.1, -0.05) is 6.07 Å². The number of hydrogen-bond donors (Lipinski definition) is 1. The van der Waals surface area contributed by atoms with E-state index in [1.807, 2.05) is 0 Å². The molecule has 2 atom stereocenters. The number of anilines is 1. The monoisotopic (exact) mass is 580 g/mol. The van der Waals surface area contributed by atoms with Gasteiger partial charge in [0, 0.05) is 29.6 Å². The summed E-state index contributed by atoms with van der Waals surface area (Å²) >= 11 is 0. The fourth-order valence-corrected chi connectivity index (χ4v) is 5.24. The Morgan fingerprint density at radius 2 is 1.95 bits per heavy atom. The second kappa shape index (κ2) is 11.3. The summed E-state index contributed by atoms with van der Waals surface area (Å²) in [6, 6.07) is 7.81. The summed E-state index contributed by atoms with van der Waals surface area (Å²) in [5, 5.41) is 2.47. The van der Waals surface area contributed by atoms with Gasteiger partial charge < -0.3 is 14.8 Å². The van der Waals surface area contributed by atoms with E-state index in [9.17, 15) is 31.4 Å². The van der Waals surface area contributed by atoms with Gasteiger partial charge in [-0.15, -0.1) is 0 Å². The molecule has 212 valence electrons. The van der Waals surface area contributed by atoms with Gasteiger partial charge in [0.15, 0.2) is 5.75 Å². The van der Waals surface area contributed by atoms with Crippen molar-refractivity contribution in [3.8, 4) is 11.6 Å². The summed E-state index contributed by atoms with van der Waals surface area (Å²) in [6.07, 6.45) is -2.64. The molecule has 1 N–H and O–H groups in total. The van der Waals surface area contributed by atoms with Crippen LogP contribution in [0.1, 0.15) is 40.0 Å². The van der Waals surface area contributed by atoms with E-state index >= 15 is 0 Å². The Morgan fingerprint density at radius 3 is 2.60 bits per heavy atom. The van der Waals surface area contributed by atoms with E-state index in [2.05, 4.69) is 19.6 Å². The number of alkyl halides is 3. The maximum atomic E-state index is 13.6. The summed E-state index contributed by atoms with van der Waals surface area (Å²) in [5.41, 5.74) is -2.00. The first-order valence-corrected chi connectivity index (χ1v) is 13.9. The van der Waals surface area contributed by atoms with Gasteiger partial charge in [0.25, 0.3) is 11.8 Å². The van der Waals surface area contributed by atoms with Crippen LogP contribution in [-0.4, -0.2) is 45.0 Å². The molecule has 1 aromatic carbocycles. The summed E-state index contributed by atoms with van der Waals surface area (Å²) in [5.74, 6) is -2.95. The van der Waals surface area contributed by atoms with E-state index in [0.717, 1.165) is 13.0 Å². The predicted octanol–water partition coefficient (Wildman–Crippen LogP) is 5.46. The van der Waals surface area contributed by atoms with Crippen molar-refractivity contribution in [2.45, 2.75) is 43.9 Å². The average molecular weight is 581 g/mol. The van der Waals surface area contributed by atoms with Crippen molar-refractivity contribution in [1.29, 1.82) is 0 Å². The fraction of sp³-hybridized carbons (Fsp3) is 0.308. The molecule has 2 aromatic heterocycles. The molecule has 1 fully saturated rings. The zero-order chi connectivity index (χ0) is 29.2. The molecule has 4 rings (SSSR count). The molecule has 1 aliphatic heterocycles. The molecule has 0 spiro atoms. The van der Waals surface area contributed by atoms with Crippen molar-refractivity contribution in [3.05, 3.63) is 70.9 Å². The number of amides is 2. The van der Waals surface area contributed by atoms with Crippen LogP contribution < -0.4 is 10.1 Å². The Kier molecular flexibility index (Phi) is 8.21. The molecule has 14 heteroatoms. The number of pyridine rings is 2. The standard InChI is InChI=1S/C26H24F4N4O5S/c1-14-18(26(28,29)30)13-31-25(39-19-9-10-21(27)32-15(19)2)22(14)24(36)33-16-6-4-7-17(12-16)40(3,37)34-23(35)20-8-5-11-38-20/h4,6-7,9-10,12-13,20H,5,8,11H2,1-3H3,(H,33,36)/t20-,40+/m0/s1. The number of rotatable bonds is 6. The van der Waals surface area contributed by atoms with Crippen molar-refractivity contribution in [3.63, 3.8) is 0 Å². The molecular formula is C26H24F4N4O5S. The number of hydrogen-bond acceptors (Lipinski definition) is 7. The lowest BCUT2D eigenvalue weighted by atomic mass is 10.0. The zero-order valence-corrected chi connectivity index (χ0v) is 22.4. The Morgan fingerprint density at radius 1 is 1.20 bits per heavy atom. The van der Waals surface area contributed by atoms with Crippen LogP contribution in [0.4, 0.5) is 23.2 Å². The minimum absolute atomic E-state index is 0.0210. The van der Waals surface area contributed by atoms with Crippen molar-refractivity contribution in [1.82, 2.24) is 9.97 Å². The zero-order valence-electron chi connectivity index (χ0n) is 21.5. The largest absolute Gasteiger partial charge is 0.436 e.